The molecule has 0 bridgehead atoms. The number of nitrogens with one attached hydrogen (secondary N) is 1. The zero-order chi connectivity index (χ0) is 21.1. The Balaban J connectivity index is 0.00000117. The maximum atomic E-state index is 13.2. The molecule has 4 rings (SSSR count). The minimum atomic E-state index is -2.62. The summed E-state index contributed by atoms with van der Waals surface area (Å²) in [6.07, 6.45) is 3.36. The third kappa shape index (κ3) is 4.11. The predicted octanol–water partition coefficient (Wildman–Crippen LogP) is 4.01. The molecular weight excluding hydrogens is 378 g/mol. The minimum absolute atomic E-state index is 0.0474. The monoisotopic (exact) mass is 396 g/mol. The van der Waals surface area contributed by atoms with Crippen LogP contribution in [0.15, 0.2) is 30.7 Å². The summed E-state index contributed by atoms with van der Waals surface area (Å²) in [6, 6.07) is 3.44. The van der Waals surface area contributed by atoms with Gasteiger partial charge in [0.25, 0.3) is 6.43 Å². The van der Waals surface area contributed by atoms with Gasteiger partial charge in [-0.2, -0.15) is 0 Å². The number of rotatable bonds is 4. The van der Waals surface area contributed by atoms with Crippen molar-refractivity contribution < 1.29 is 13.6 Å². The van der Waals surface area contributed by atoms with Gasteiger partial charge in [0.05, 0.1) is 5.69 Å². The molecule has 148 valence electrons. The summed E-state index contributed by atoms with van der Waals surface area (Å²) < 4.78 is 26.3. The van der Waals surface area contributed by atoms with Crippen molar-refractivity contribution in [1.82, 2.24) is 15.0 Å². The Morgan fingerprint density at radius 2 is 2.00 bits per heavy atom. The van der Waals surface area contributed by atoms with Gasteiger partial charge < -0.3 is 11.1 Å². The highest BCUT2D eigenvalue weighted by molar-refractivity contribution is 5.98. The lowest BCUT2D eigenvalue weighted by Gasteiger charge is -2.12. The topological polar surface area (TPSA) is 118 Å². The van der Waals surface area contributed by atoms with Gasteiger partial charge in [0, 0.05) is 47.6 Å². The van der Waals surface area contributed by atoms with E-state index in [4.69, 9.17) is 11.0 Å². The Labute approximate surface area is 165 Å². The van der Waals surface area contributed by atoms with Gasteiger partial charge in [-0.1, -0.05) is 0 Å². The van der Waals surface area contributed by atoms with Crippen LogP contribution in [0, 0.1) is 24.7 Å². The molecule has 0 spiro atoms. The van der Waals surface area contributed by atoms with Crippen LogP contribution in [0.3, 0.4) is 0 Å². The Morgan fingerprint density at radius 3 is 2.66 bits per heavy atom. The summed E-state index contributed by atoms with van der Waals surface area (Å²) in [4.78, 5) is 24.4. The number of hydrogen-bond acceptors (Lipinski definition) is 6. The first-order chi connectivity index (χ1) is 13.9. The van der Waals surface area contributed by atoms with E-state index >= 15 is 0 Å². The summed E-state index contributed by atoms with van der Waals surface area (Å²) in [5.74, 6) is 0.671. The quantitative estimate of drug-likeness (QED) is 0.688. The molecule has 0 aromatic carbocycles. The van der Waals surface area contributed by atoms with E-state index in [2.05, 4.69) is 26.8 Å². The molecular formula is C20H18F2N6O. The molecule has 3 aromatic heterocycles. The van der Waals surface area contributed by atoms with Crippen molar-refractivity contribution in [3.05, 3.63) is 41.9 Å². The highest BCUT2D eigenvalue weighted by Crippen LogP contribution is 2.33. The van der Waals surface area contributed by atoms with E-state index < -0.39 is 6.43 Å². The Morgan fingerprint density at radius 1 is 1.28 bits per heavy atom. The van der Waals surface area contributed by atoms with Crippen LogP contribution in [-0.2, 0) is 4.79 Å². The summed E-state index contributed by atoms with van der Waals surface area (Å²) in [6.45, 7) is 5.11. The van der Waals surface area contributed by atoms with Gasteiger partial charge in [-0.15, -0.1) is 0 Å². The molecule has 0 unspecified atom stereocenters. The second-order valence-electron chi connectivity index (χ2n) is 6.65. The summed E-state index contributed by atoms with van der Waals surface area (Å²) in [5.41, 5.74) is 7.24. The van der Waals surface area contributed by atoms with E-state index in [9.17, 15) is 13.6 Å². The van der Waals surface area contributed by atoms with Crippen molar-refractivity contribution in [2.75, 3.05) is 11.1 Å². The van der Waals surface area contributed by atoms with Crippen molar-refractivity contribution in [3.8, 4) is 17.8 Å². The van der Waals surface area contributed by atoms with E-state index in [1.54, 1.807) is 25.3 Å². The van der Waals surface area contributed by atoms with E-state index in [0.717, 1.165) is 19.0 Å². The zero-order valence-electron chi connectivity index (χ0n) is 15.6. The van der Waals surface area contributed by atoms with Crippen LogP contribution in [0.2, 0.25) is 0 Å². The SMILES string of the molecule is C#N.Cc1c(-c2cc3cc(NC(=O)C4CC4)ncc3c(N)n2)cncc1C(F)F. The Kier molecular flexibility index (Phi) is 5.64. The standard InChI is InChI=1S/C19H17F2N5O.CHN/c1-9-12(6-23-7-13(9)17(20)21)15-4-11-5-16(26-19(27)10-2-3-10)24-8-14(11)18(22)25-15;1-2/h4-8,10,17H,2-3H2,1H3,(H2,22,25)(H,24,26,27);1H. The third-order valence-corrected chi connectivity index (χ3v) is 4.71. The van der Waals surface area contributed by atoms with Crippen molar-refractivity contribution >= 4 is 28.3 Å². The molecule has 1 aliphatic carbocycles. The molecule has 1 aliphatic rings. The fraction of sp³-hybridized carbons (Fsp3) is 0.250. The van der Waals surface area contributed by atoms with E-state index in [0.29, 0.717) is 33.4 Å². The Hall–Kier alpha value is -3.67. The largest absolute Gasteiger partial charge is 0.383 e. The van der Waals surface area contributed by atoms with E-state index in [1.807, 2.05) is 0 Å². The highest BCUT2D eigenvalue weighted by atomic mass is 19.3. The van der Waals surface area contributed by atoms with Gasteiger partial charge >= 0.3 is 0 Å². The van der Waals surface area contributed by atoms with Crippen LogP contribution in [0.25, 0.3) is 22.0 Å². The third-order valence-electron chi connectivity index (χ3n) is 4.71. The number of nitrogen functional groups attached to an aromatic ring is 1. The van der Waals surface area contributed by atoms with Crippen LogP contribution in [0.1, 0.15) is 30.4 Å². The fourth-order valence-corrected chi connectivity index (χ4v) is 2.97. The number of nitrogens with two attached hydrogens (primary N) is 1. The maximum Gasteiger partial charge on any atom is 0.265 e. The smallest absolute Gasteiger partial charge is 0.265 e. The van der Waals surface area contributed by atoms with Gasteiger partial charge in [0.2, 0.25) is 5.91 Å². The Bertz CT molecular complexity index is 1100. The van der Waals surface area contributed by atoms with Gasteiger partial charge in [-0.25, -0.2) is 24.0 Å². The molecule has 1 saturated carbocycles. The van der Waals surface area contributed by atoms with Gasteiger partial charge in [-0.05, 0) is 42.8 Å². The van der Waals surface area contributed by atoms with Crippen molar-refractivity contribution in [1.29, 1.82) is 5.26 Å². The first-order valence-corrected chi connectivity index (χ1v) is 8.80. The van der Waals surface area contributed by atoms with E-state index in [-0.39, 0.29) is 23.2 Å². The maximum absolute atomic E-state index is 13.2. The molecule has 1 fully saturated rings. The predicted molar refractivity (Wildman–Crippen MR) is 105 cm³/mol. The van der Waals surface area contributed by atoms with Crippen LogP contribution in [-0.4, -0.2) is 20.9 Å². The van der Waals surface area contributed by atoms with Crippen molar-refractivity contribution in [2.45, 2.75) is 26.2 Å². The number of alkyl halides is 2. The molecule has 0 saturated heterocycles. The highest BCUT2D eigenvalue weighted by Gasteiger charge is 2.29. The second-order valence-corrected chi connectivity index (χ2v) is 6.65. The number of carbonyl (C=O) groups is 1. The van der Waals surface area contributed by atoms with Crippen LogP contribution in [0.4, 0.5) is 20.4 Å². The normalized spacial score (nSPS) is 13.0. The second kappa shape index (κ2) is 8.14. The van der Waals surface area contributed by atoms with Crippen molar-refractivity contribution in [3.63, 3.8) is 0 Å². The first-order valence-electron chi connectivity index (χ1n) is 8.80. The summed E-state index contributed by atoms with van der Waals surface area (Å²) in [7, 11) is 0. The molecule has 7 nitrogen and oxygen atoms in total. The minimum Gasteiger partial charge on any atom is -0.383 e. The number of aromatic nitrogens is 3. The number of nitriles is 1. The summed E-state index contributed by atoms with van der Waals surface area (Å²) >= 11 is 0. The number of anilines is 2. The van der Waals surface area contributed by atoms with Crippen LogP contribution >= 0.6 is 0 Å². The van der Waals surface area contributed by atoms with Gasteiger partial charge in [0.15, 0.2) is 0 Å². The van der Waals surface area contributed by atoms with Gasteiger partial charge in [0.1, 0.15) is 11.6 Å². The average molecular weight is 396 g/mol. The molecule has 3 aromatic rings. The molecule has 0 radical (unpaired) electrons. The number of fused-ring (bicyclic) bond motifs is 1. The lowest BCUT2D eigenvalue weighted by Crippen LogP contribution is -2.14. The van der Waals surface area contributed by atoms with Crippen LogP contribution in [0.5, 0.6) is 0 Å². The number of pyridine rings is 3. The summed E-state index contributed by atoms with van der Waals surface area (Å²) in [5, 5.41) is 10.6. The number of nitrogens with zero attached hydrogens (tertiary/aromatic N) is 4. The zero-order valence-corrected chi connectivity index (χ0v) is 15.6. The average Bonchev–Trinajstić information content (AvgIpc) is 3.54. The molecule has 3 heterocycles. The molecule has 0 aliphatic heterocycles. The first kappa shape index (κ1) is 20.1. The molecule has 0 atom stereocenters. The molecule has 9 heteroatoms. The molecule has 3 N–H and O–H groups in total. The van der Waals surface area contributed by atoms with Crippen LogP contribution < -0.4 is 11.1 Å². The fourth-order valence-electron chi connectivity index (χ4n) is 2.97. The molecule has 1 amide bonds. The van der Waals surface area contributed by atoms with E-state index in [1.165, 1.54) is 6.20 Å². The molecule has 29 heavy (non-hydrogen) atoms. The number of hydrogen-bond donors (Lipinski definition) is 2. The van der Waals surface area contributed by atoms with Crippen molar-refractivity contribution in [2.24, 2.45) is 5.92 Å². The van der Waals surface area contributed by atoms with Gasteiger partial charge in [-0.3, -0.25) is 9.78 Å². The lowest BCUT2D eigenvalue weighted by molar-refractivity contribution is -0.117. The number of carbonyl (C=O) groups excluding carboxylic acids is 1. The number of amides is 1. The number of halogens is 2. The lowest BCUT2D eigenvalue weighted by atomic mass is 10.0.